The van der Waals surface area contributed by atoms with E-state index in [9.17, 15) is 27.2 Å². The van der Waals surface area contributed by atoms with E-state index in [2.05, 4.69) is 5.10 Å². The normalized spacial score (nSPS) is 11.9. The molecule has 5 nitrogen and oxygen atoms in total. The minimum Gasteiger partial charge on any atom is -0.466 e. The van der Waals surface area contributed by atoms with Gasteiger partial charge in [0, 0.05) is 10.9 Å². The van der Waals surface area contributed by atoms with Gasteiger partial charge in [-0.05, 0) is 19.1 Å². The Morgan fingerprint density at radius 2 is 1.84 bits per heavy atom. The first-order valence-corrected chi connectivity index (χ1v) is 9.39. The Hall–Kier alpha value is -3.49. The third-order valence-corrected chi connectivity index (χ3v) is 4.47. The van der Waals surface area contributed by atoms with Gasteiger partial charge in [0.05, 0.1) is 36.2 Å². The van der Waals surface area contributed by atoms with Crippen molar-refractivity contribution in [2.24, 2.45) is 0 Å². The molecule has 0 N–H and O–H groups in total. The van der Waals surface area contributed by atoms with Crippen molar-refractivity contribution in [2.45, 2.75) is 26.1 Å². The van der Waals surface area contributed by atoms with Crippen molar-refractivity contribution in [1.82, 2.24) is 9.78 Å². The molecule has 3 rings (SSSR count). The highest BCUT2D eigenvalue weighted by molar-refractivity contribution is 5.86. The van der Waals surface area contributed by atoms with Gasteiger partial charge in [-0.2, -0.15) is 18.3 Å². The minimum absolute atomic E-state index is 0.130. The van der Waals surface area contributed by atoms with E-state index in [4.69, 9.17) is 4.74 Å². The van der Waals surface area contributed by atoms with E-state index in [1.165, 1.54) is 12.1 Å². The molecule has 0 radical (unpaired) electrons. The molecular weight excluding hydrogens is 416 g/mol. The number of benzene rings is 2. The van der Waals surface area contributed by atoms with Crippen molar-refractivity contribution in [3.63, 3.8) is 0 Å². The number of alkyl halides is 3. The lowest BCUT2D eigenvalue weighted by molar-refractivity contribution is -0.142. The summed E-state index contributed by atoms with van der Waals surface area (Å²) in [4.78, 5) is 24.6. The molecule has 162 valence electrons. The van der Waals surface area contributed by atoms with E-state index in [1.807, 2.05) is 0 Å². The Kier molecular flexibility index (Phi) is 6.53. The molecule has 9 heteroatoms. The number of nitrogens with zero attached hydrogens (tertiary/aromatic N) is 2. The number of allylic oxidation sites excluding steroid dienone is 1. The van der Waals surface area contributed by atoms with Crippen LogP contribution in [0.15, 0.2) is 53.3 Å². The van der Waals surface area contributed by atoms with Crippen molar-refractivity contribution in [3.8, 4) is 0 Å². The Morgan fingerprint density at radius 3 is 2.52 bits per heavy atom. The summed E-state index contributed by atoms with van der Waals surface area (Å²) in [6.07, 6.45) is -2.48. The molecule has 0 aliphatic heterocycles. The van der Waals surface area contributed by atoms with Crippen LogP contribution < -0.4 is 5.56 Å². The second kappa shape index (κ2) is 9.11. The summed E-state index contributed by atoms with van der Waals surface area (Å²) in [7, 11) is 0. The number of carbonyl (C=O) groups is 1. The molecule has 3 aromatic rings. The van der Waals surface area contributed by atoms with Crippen molar-refractivity contribution in [3.05, 3.63) is 81.5 Å². The zero-order valence-electron chi connectivity index (χ0n) is 16.4. The van der Waals surface area contributed by atoms with Crippen LogP contribution in [0.5, 0.6) is 0 Å². The fourth-order valence-corrected chi connectivity index (χ4v) is 3.09. The lowest BCUT2D eigenvalue weighted by atomic mass is 10.1. The van der Waals surface area contributed by atoms with Crippen molar-refractivity contribution in [2.75, 3.05) is 6.61 Å². The van der Waals surface area contributed by atoms with Gasteiger partial charge in [-0.1, -0.05) is 42.5 Å². The van der Waals surface area contributed by atoms with Gasteiger partial charge in [0.2, 0.25) is 0 Å². The maximum absolute atomic E-state index is 14.2. The van der Waals surface area contributed by atoms with Crippen LogP contribution in [-0.2, 0) is 28.7 Å². The summed E-state index contributed by atoms with van der Waals surface area (Å²) in [5.74, 6) is -1.90. The fraction of sp³-hybridized carbons (Fsp3) is 0.227. The maximum Gasteiger partial charge on any atom is 0.419 e. The van der Waals surface area contributed by atoms with Crippen LogP contribution in [0.3, 0.4) is 0 Å². The molecule has 0 atom stereocenters. The molecule has 1 heterocycles. The maximum atomic E-state index is 14.2. The number of rotatable bonds is 6. The molecule has 0 aliphatic carbocycles. The molecule has 0 amide bonds. The highest BCUT2D eigenvalue weighted by Gasteiger charge is 2.34. The molecule has 0 aliphatic rings. The van der Waals surface area contributed by atoms with Crippen LogP contribution in [0.2, 0.25) is 0 Å². The molecule has 1 aromatic heterocycles. The zero-order chi connectivity index (χ0) is 22.6. The van der Waals surface area contributed by atoms with E-state index in [0.29, 0.717) is 22.5 Å². The third kappa shape index (κ3) is 4.99. The van der Waals surface area contributed by atoms with Crippen molar-refractivity contribution in [1.29, 1.82) is 0 Å². The van der Waals surface area contributed by atoms with Gasteiger partial charge in [-0.3, -0.25) is 9.59 Å². The summed E-state index contributed by atoms with van der Waals surface area (Å²) in [6.45, 7) is 1.74. The summed E-state index contributed by atoms with van der Waals surface area (Å²) in [5.41, 5.74) is -1.76. The topological polar surface area (TPSA) is 61.2 Å². The second-order valence-corrected chi connectivity index (χ2v) is 6.57. The van der Waals surface area contributed by atoms with E-state index >= 15 is 0 Å². The number of hydrogen-bond acceptors (Lipinski definition) is 4. The highest BCUT2D eigenvalue weighted by Crippen LogP contribution is 2.32. The second-order valence-electron chi connectivity index (χ2n) is 6.57. The first kappa shape index (κ1) is 22.2. The molecule has 0 saturated heterocycles. The first-order chi connectivity index (χ1) is 14.7. The molecule has 0 saturated carbocycles. The third-order valence-electron chi connectivity index (χ3n) is 4.47. The first-order valence-electron chi connectivity index (χ1n) is 9.39. The number of ether oxygens (including phenoxy) is 1. The number of esters is 1. The molecule has 0 unspecified atom stereocenters. The average molecular weight is 434 g/mol. The van der Waals surface area contributed by atoms with Crippen molar-refractivity contribution >= 4 is 22.8 Å². The van der Waals surface area contributed by atoms with Crippen LogP contribution in [0, 0.1) is 5.82 Å². The van der Waals surface area contributed by atoms with E-state index in [0.717, 1.165) is 16.8 Å². The van der Waals surface area contributed by atoms with Crippen LogP contribution >= 0.6 is 0 Å². The van der Waals surface area contributed by atoms with Gasteiger partial charge in [0.15, 0.2) is 0 Å². The average Bonchev–Trinajstić information content (AvgIpc) is 2.71. The van der Waals surface area contributed by atoms with Gasteiger partial charge in [-0.25, -0.2) is 9.07 Å². The molecule has 0 bridgehead atoms. The number of hydrogen-bond donors (Lipinski definition) is 0. The Morgan fingerprint density at radius 1 is 1.13 bits per heavy atom. The highest BCUT2D eigenvalue weighted by atomic mass is 19.4. The van der Waals surface area contributed by atoms with Crippen LogP contribution in [0.1, 0.15) is 23.7 Å². The lowest BCUT2D eigenvalue weighted by Gasteiger charge is -2.10. The summed E-state index contributed by atoms with van der Waals surface area (Å²) < 4.78 is 58.8. The van der Waals surface area contributed by atoms with E-state index < -0.39 is 29.1 Å². The smallest absolute Gasteiger partial charge is 0.419 e. The summed E-state index contributed by atoms with van der Waals surface area (Å²) in [6, 6.07) is 9.57. The number of fused-ring (bicyclic) bond motifs is 1. The van der Waals surface area contributed by atoms with Gasteiger partial charge >= 0.3 is 12.1 Å². The largest absolute Gasteiger partial charge is 0.466 e. The summed E-state index contributed by atoms with van der Waals surface area (Å²) in [5, 5.41) is 5.04. The molecule has 0 fully saturated rings. The number of carbonyl (C=O) groups excluding carboxylic acids is 1. The monoisotopic (exact) mass is 434 g/mol. The standard InChI is InChI=1S/C22H18F4N2O3/c1-2-31-19(29)13-18-15-9-3-4-10-16(15)21(30)28(27-18)12-6-8-14-7-5-11-17(20(14)23)22(24,25)26/h3-11H,2,12-13H2,1H3/b8-6+. The fourth-order valence-electron chi connectivity index (χ4n) is 3.09. The Balaban J connectivity index is 1.94. The Bertz CT molecular complexity index is 1200. The quantitative estimate of drug-likeness (QED) is 0.427. The van der Waals surface area contributed by atoms with Gasteiger partial charge < -0.3 is 4.74 Å². The zero-order valence-corrected chi connectivity index (χ0v) is 16.4. The molecular formula is C22H18F4N2O3. The van der Waals surface area contributed by atoms with E-state index in [-0.39, 0.29) is 25.1 Å². The predicted octanol–water partition coefficient (Wildman–Crippen LogP) is 4.37. The Labute approximate surface area is 174 Å². The van der Waals surface area contributed by atoms with Gasteiger partial charge in [0.1, 0.15) is 5.82 Å². The van der Waals surface area contributed by atoms with Crippen LogP contribution in [0.25, 0.3) is 16.8 Å². The summed E-state index contributed by atoms with van der Waals surface area (Å²) >= 11 is 0. The van der Waals surface area contributed by atoms with Crippen molar-refractivity contribution < 1.29 is 27.1 Å². The number of aromatic nitrogens is 2. The van der Waals surface area contributed by atoms with Crippen LogP contribution in [-0.4, -0.2) is 22.4 Å². The lowest BCUT2D eigenvalue weighted by Crippen LogP contribution is -2.25. The minimum atomic E-state index is -4.81. The van der Waals surface area contributed by atoms with Gasteiger partial charge in [-0.15, -0.1) is 0 Å². The van der Waals surface area contributed by atoms with Gasteiger partial charge in [0.25, 0.3) is 5.56 Å². The molecule has 0 spiro atoms. The number of halogens is 4. The SMILES string of the molecule is CCOC(=O)Cc1nn(C/C=C/c2cccc(C(F)(F)F)c2F)c(=O)c2ccccc12. The predicted molar refractivity (Wildman–Crippen MR) is 107 cm³/mol. The molecule has 31 heavy (non-hydrogen) atoms. The molecule has 2 aromatic carbocycles. The van der Waals surface area contributed by atoms with Crippen LogP contribution in [0.4, 0.5) is 17.6 Å². The van der Waals surface area contributed by atoms with E-state index in [1.54, 1.807) is 31.2 Å².